The van der Waals surface area contributed by atoms with Gasteiger partial charge in [0.25, 0.3) is 0 Å². The van der Waals surface area contributed by atoms with Crippen molar-refractivity contribution in [2.45, 2.75) is 24.5 Å². The lowest BCUT2D eigenvalue weighted by molar-refractivity contribution is 0.0135. The third-order valence-electron chi connectivity index (χ3n) is 5.73. The molecule has 1 aliphatic rings. The maximum Gasteiger partial charge on any atom is 0.407 e. The zero-order valence-corrected chi connectivity index (χ0v) is 17.4. The summed E-state index contributed by atoms with van der Waals surface area (Å²) >= 11 is 0. The van der Waals surface area contributed by atoms with Crippen LogP contribution in [-0.2, 0) is 4.74 Å². The fourth-order valence-corrected chi connectivity index (χ4v) is 4.02. The summed E-state index contributed by atoms with van der Waals surface area (Å²) in [5.74, 6) is 0.136. The molecule has 2 unspecified atom stereocenters. The largest absolute Gasteiger partial charge is 0.449 e. The number of carbonyl (C=O) groups excluding carboxylic acids is 1. The summed E-state index contributed by atoms with van der Waals surface area (Å²) < 4.78 is 5.46. The molecule has 0 aliphatic heterocycles. The van der Waals surface area contributed by atoms with Crippen molar-refractivity contribution in [1.82, 2.24) is 10.3 Å². The number of pyridine rings is 1. The van der Waals surface area contributed by atoms with Crippen LogP contribution in [0.1, 0.15) is 35.1 Å². The lowest BCUT2D eigenvalue weighted by atomic mass is 9.98. The Morgan fingerprint density at radius 3 is 2.31 bits per heavy atom. The van der Waals surface area contributed by atoms with Gasteiger partial charge in [0, 0.05) is 24.2 Å². The standard InChI is InChI=1S/C24H26N4O4/c25-20-11-14(12-28-23(20)26)22(30)21(29)9-10-27-24(31)32-13-19-17-7-3-1-5-15(17)16-6-2-4-8-18(16)19/h1-8,11-12,19,21-22,29-30H,9-10,13,25H2,(H2,26,28)(H,27,31). The predicted octanol–water partition coefficient (Wildman–Crippen LogP) is 2.57. The summed E-state index contributed by atoms with van der Waals surface area (Å²) in [5.41, 5.74) is 16.4. The molecule has 7 N–H and O–H groups in total. The molecule has 3 aromatic rings. The Morgan fingerprint density at radius 2 is 1.69 bits per heavy atom. The minimum absolute atomic E-state index is 0.0240. The summed E-state index contributed by atoms with van der Waals surface area (Å²) in [5, 5.41) is 23.1. The van der Waals surface area contributed by atoms with Crippen LogP contribution in [0.25, 0.3) is 11.1 Å². The zero-order chi connectivity index (χ0) is 22.7. The number of nitrogen functional groups attached to an aromatic ring is 2. The molecular weight excluding hydrogens is 408 g/mol. The molecule has 0 saturated heterocycles. The Bertz CT molecular complexity index is 1080. The molecule has 2 atom stereocenters. The van der Waals surface area contributed by atoms with Crippen LogP contribution in [-0.4, -0.2) is 40.5 Å². The van der Waals surface area contributed by atoms with E-state index in [1.807, 2.05) is 24.3 Å². The normalized spacial score (nSPS) is 14.3. The molecule has 0 bridgehead atoms. The summed E-state index contributed by atoms with van der Waals surface area (Å²) in [7, 11) is 0. The van der Waals surface area contributed by atoms with E-state index in [4.69, 9.17) is 16.2 Å². The maximum absolute atomic E-state index is 12.2. The number of fused-ring (bicyclic) bond motifs is 3. The first-order valence-corrected chi connectivity index (χ1v) is 10.4. The molecule has 0 radical (unpaired) electrons. The van der Waals surface area contributed by atoms with E-state index < -0.39 is 18.3 Å². The van der Waals surface area contributed by atoms with E-state index >= 15 is 0 Å². The number of ether oxygens (including phenoxy) is 1. The Labute approximate surface area is 185 Å². The van der Waals surface area contributed by atoms with E-state index in [0.717, 1.165) is 22.3 Å². The van der Waals surface area contributed by atoms with Crippen molar-refractivity contribution >= 4 is 17.6 Å². The van der Waals surface area contributed by atoms with Crippen molar-refractivity contribution in [2.24, 2.45) is 0 Å². The van der Waals surface area contributed by atoms with Crippen molar-refractivity contribution in [2.75, 3.05) is 24.6 Å². The van der Waals surface area contributed by atoms with Crippen LogP contribution in [0.3, 0.4) is 0 Å². The molecule has 0 fully saturated rings. The highest BCUT2D eigenvalue weighted by Gasteiger charge is 2.29. The second-order valence-corrected chi connectivity index (χ2v) is 7.80. The van der Waals surface area contributed by atoms with Gasteiger partial charge < -0.3 is 31.7 Å². The van der Waals surface area contributed by atoms with Gasteiger partial charge in [0.15, 0.2) is 0 Å². The van der Waals surface area contributed by atoms with Crippen LogP contribution in [0, 0.1) is 0 Å². The van der Waals surface area contributed by atoms with Crippen molar-refractivity contribution < 1.29 is 19.7 Å². The number of aliphatic hydroxyl groups excluding tert-OH is 2. The summed E-state index contributed by atoms with van der Waals surface area (Å²) in [6.45, 7) is 0.341. The molecule has 8 heteroatoms. The third-order valence-corrected chi connectivity index (χ3v) is 5.73. The average Bonchev–Trinajstić information content (AvgIpc) is 3.12. The maximum atomic E-state index is 12.2. The zero-order valence-electron chi connectivity index (χ0n) is 17.4. The number of nitrogens with one attached hydrogen (secondary N) is 1. The van der Waals surface area contributed by atoms with Gasteiger partial charge in [-0.2, -0.15) is 0 Å². The SMILES string of the molecule is Nc1cc(C(O)C(O)CCNC(=O)OCC2c3ccccc3-c3ccccc32)cnc1N. The molecule has 1 amide bonds. The Kier molecular flexibility index (Phi) is 6.25. The highest BCUT2D eigenvalue weighted by molar-refractivity contribution is 5.79. The number of nitrogens with two attached hydrogens (primary N) is 2. The molecule has 2 aromatic carbocycles. The number of hydrogen-bond acceptors (Lipinski definition) is 7. The highest BCUT2D eigenvalue weighted by Crippen LogP contribution is 2.44. The highest BCUT2D eigenvalue weighted by atomic mass is 16.5. The quantitative estimate of drug-likeness (QED) is 0.384. The van der Waals surface area contributed by atoms with E-state index in [9.17, 15) is 15.0 Å². The first-order chi connectivity index (χ1) is 15.5. The van der Waals surface area contributed by atoms with Gasteiger partial charge in [0.2, 0.25) is 0 Å². The number of carbonyl (C=O) groups is 1. The minimum atomic E-state index is -1.20. The van der Waals surface area contributed by atoms with Crippen molar-refractivity contribution in [3.8, 4) is 11.1 Å². The number of alkyl carbamates (subject to hydrolysis) is 1. The number of aromatic nitrogens is 1. The Hall–Kier alpha value is -3.62. The molecule has 0 spiro atoms. The van der Waals surface area contributed by atoms with E-state index in [1.165, 1.54) is 12.3 Å². The van der Waals surface area contributed by atoms with Crippen LogP contribution in [0.2, 0.25) is 0 Å². The average molecular weight is 434 g/mol. The first kappa shape index (κ1) is 21.6. The Balaban J connectivity index is 1.28. The van der Waals surface area contributed by atoms with Crippen molar-refractivity contribution in [1.29, 1.82) is 0 Å². The van der Waals surface area contributed by atoms with E-state index in [2.05, 4.69) is 34.6 Å². The molecular formula is C24H26N4O4. The minimum Gasteiger partial charge on any atom is -0.449 e. The monoisotopic (exact) mass is 434 g/mol. The number of amides is 1. The molecule has 4 rings (SSSR count). The van der Waals surface area contributed by atoms with Gasteiger partial charge in [0.1, 0.15) is 18.5 Å². The molecule has 1 aromatic heterocycles. The van der Waals surface area contributed by atoms with Crippen molar-refractivity contribution in [3.05, 3.63) is 77.5 Å². The van der Waals surface area contributed by atoms with Gasteiger partial charge in [-0.1, -0.05) is 48.5 Å². The van der Waals surface area contributed by atoms with Gasteiger partial charge in [-0.25, -0.2) is 9.78 Å². The van der Waals surface area contributed by atoms with Crippen LogP contribution < -0.4 is 16.8 Å². The first-order valence-electron chi connectivity index (χ1n) is 10.4. The second kappa shape index (κ2) is 9.25. The summed E-state index contributed by atoms with van der Waals surface area (Å²) in [6, 6.07) is 17.7. The van der Waals surface area contributed by atoms with Gasteiger partial charge in [-0.3, -0.25) is 0 Å². The molecule has 166 valence electrons. The number of hydrogen-bond donors (Lipinski definition) is 5. The van der Waals surface area contributed by atoms with E-state index in [1.54, 1.807) is 0 Å². The topological polar surface area (TPSA) is 144 Å². The van der Waals surface area contributed by atoms with Crippen LogP contribution in [0.4, 0.5) is 16.3 Å². The molecule has 32 heavy (non-hydrogen) atoms. The van der Waals surface area contributed by atoms with Crippen LogP contribution >= 0.6 is 0 Å². The van der Waals surface area contributed by atoms with Gasteiger partial charge in [0.05, 0.1) is 11.8 Å². The van der Waals surface area contributed by atoms with Crippen LogP contribution in [0.15, 0.2) is 60.8 Å². The smallest absolute Gasteiger partial charge is 0.407 e. The predicted molar refractivity (Wildman–Crippen MR) is 122 cm³/mol. The number of aliphatic hydroxyl groups is 2. The van der Waals surface area contributed by atoms with Gasteiger partial charge in [-0.15, -0.1) is 0 Å². The fraction of sp³-hybridized carbons (Fsp3) is 0.250. The van der Waals surface area contributed by atoms with Crippen LogP contribution in [0.5, 0.6) is 0 Å². The number of rotatable bonds is 7. The van der Waals surface area contributed by atoms with E-state index in [-0.39, 0.29) is 37.0 Å². The fourth-order valence-electron chi connectivity index (χ4n) is 4.02. The molecule has 8 nitrogen and oxygen atoms in total. The molecule has 1 heterocycles. The Morgan fingerprint density at radius 1 is 1.06 bits per heavy atom. The van der Waals surface area contributed by atoms with Gasteiger partial charge in [-0.05, 0) is 34.7 Å². The number of anilines is 2. The molecule has 0 saturated carbocycles. The van der Waals surface area contributed by atoms with Crippen molar-refractivity contribution in [3.63, 3.8) is 0 Å². The molecule has 1 aliphatic carbocycles. The summed E-state index contributed by atoms with van der Waals surface area (Å²) in [6.07, 6.45) is -1.41. The third kappa shape index (κ3) is 4.37. The van der Waals surface area contributed by atoms with Gasteiger partial charge >= 0.3 is 6.09 Å². The number of benzene rings is 2. The number of nitrogens with zero attached hydrogens (tertiary/aromatic N) is 1. The summed E-state index contributed by atoms with van der Waals surface area (Å²) in [4.78, 5) is 16.1. The van der Waals surface area contributed by atoms with E-state index in [0.29, 0.717) is 5.56 Å². The lowest BCUT2D eigenvalue weighted by Crippen LogP contribution is -2.30. The lowest BCUT2D eigenvalue weighted by Gasteiger charge is -2.19. The second-order valence-electron chi connectivity index (χ2n) is 7.80.